The second-order valence-corrected chi connectivity index (χ2v) is 7.19. The molecule has 0 radical (unpaired) electrons. The summed E-state index contributed by atoms with van der Waals surface area (Å²) < 4.78 is 33.1. The molecule has 0 unspecified atom stereocenters. The van der Waals surface area contributed by atoms with Crippen LogP contribution in [0.1, 0.15) is 33.3 Å². The summed E-state index contributed by atoms with van der Waals surface area (Å²) in [7, 11) is 0. The van der Waals surface area contributed by atoms with Gasteiger partial charge in [-0.25, -0.2) is 8.78 Å². The molecule has 0 N–H and O–H groups in total. The molecule has 148 valence electrons. The largest absolute Gasteiger partial charge is 0.450 e. The fourth-order valence-electron chi connectivity index (χ4n) is 3.93. The minimum atomic E-state index is -0.766. The third-order valence-corrected chi connectivity index (χ3v) is 5.31. The highest BCUT2D eigenvalue weighted by Crippen LogP contribution is 2.39. The first-order chi connectivity index (χ1) is 14.5. The van der Waals surface area contributed by atoms with Gasteiger partial charge >= 0.3 is 0 Å². The van der Waals surface area contributed by atoms with Gasteiger partial charge in [-0.05, 0) is 41.5 Å². The molecule has 0 aliphatic carbocycles. The molecule has 0 spiro atoms. The minimum absolute atomic E-state index is 0.0650. The number of halogens is 2. The Bertz CT molecular complexity index is 1330. The van der Waals surface area contributed by atoms with Gasteiger partial charge in [0.2, 0.25) is 5.76 Å². The van der Waals surface area contributed by atoms with E-state index in [2.05, 4.69) is 0 Å². The maximum absolute atomic E-state index is 13.8. The van der Waals surface area contributed by atoms with Gasteiger partial charge in [0, 0.05) is 6.54 Å². The van der Waals surface area contributed by atoms with Crippen LogP contribution in [-0.2, 0) is 6.54 Å². The number of hydrogen-bond acceptors (Lipinski definition) is 3. The molecular weight excluding hydrogens is 388 g/mol. The van der Waals surface area contributed by atoms with Crippen LogP contribution >= 0.6 is 0 Å². The second kappa shape index (κ2) is 6.91. The van der Waals surface area contributed by atoms with Crippen LogP contribution in [0.4, 0.5) is 8.78 Å². The van der Waals surface area contributed by atoms with E-state index in [1.165, 1.54) is 41.3 Å². The molecule has 0 saturated heterocycles. The minimum Gasteiger partial charge on any atom is -0.450 e. The SMILES string of the molecule is O=C1c2oc3ccc(F)cc3c(=O)c2[C@H](c2ccc(F)cc2)N1Cc1ccccc1. The lowest BCUT2D eigenvalue weighted by atomic mass is 9.98. The molecule has 1 aliphatic rings. The number of amides is 1. The zero-order valence-electron chi connectivity index (χ0n) is 15.6. The molecule has 30 heavy (non-hydrogen) atoms. The van der Waals surface area contributed by atoms with Crippen molar-refractivity contribution in [2.75, 3.05) is 0 Å². The number of carbonyl (C=O) groups is 1. The van der Waals surface area contributed by atoms with E-state index in [9.17, 15) is 18.4 Å². The van der Waals surface area contributed by atoms with E-state index in [-0.39, 0.29) is 28.8 Å². The molecule has 1 aliphatic heterocycles. The van der Waals surface area contributed by atoms with Crippen LogP contribution in [0, 0.1) is 11.6 Å². The molecule has 6 heteroatoms. The van der Waals surface area contributed by atoms with Crippen LogP contribution in [0.5, 0.6) is 0 Å². The van der Waals surface area contributed by atoms with Crippen LogP contribution in [0.15, 0.2) is 82.0 Å². The summed E-state index contributed by atoms with van der Waals surface area (Å²) in [5.74, 6) is -1.50. The van der Waals surface area contributed by atoms with E-state index >= 15 is 0 Å². The summed E-state index contributed by atoms with van der Waals surface area (Å²) in [5.41, 5.74) is 1.26. The zero-order chi connectivity index (χ0) is 20.8. The summed E-state index contributed by atoms with van der Waals surface area (Å²) in [6.07, 6.45) is 0. The lowest BCUT2D eigenvalue weighted by Crippen LogP contribution is -2.29. The Morgan fingerprint density at radius 2 is 1.57 bits per heavy atom. The Morgan fingerprint density at radius 1 is 0.867 bits per heavy atom. The monoisotopic (exact) mass is 403 g/mol. The van der Waals surface area contributed by atoms with Crippen molar-refractivity contribution in [1.82, 2.24) is 4.90 Å². The molecule has 1 amide bonds. The zero-order valence-corrected chi connectivity index (χ0v) is 15.6. The molecule has 0 saturated carbocycles. The second-order valence-electron chi connectivity index (χ2n) is 7.19. The van der Waals surface area contributed by atoms with E-state index in [4.69, 9.17) is 4.42 Å². The van der Waals surface area contributed by atoms with Gasteiger partial charge in [0.1, 0.15) is 17.2 Å². The number of hydrogen-bond donors (Lipinski definition) is 0. The van der Waals surface area contributed by atoms with Gasteiger partial charge in [0.25, 0.3) is 5.91 Å². The van der Waals surface area contributed by atoms with Gasteiger partial charge in [0.05, 0.1) is 17.0 Å². The average molecular weight is 403 g/mol. The van der Waals surface area contributed by atoms with Gasteiger partial charge in [0.15, 0.2) is 5.43 Å². The molecule has 4 nitrogen and oxygen atoms in total. The molecule has 5 rings (SSSR count). The van der Waals surface area contributed by atoms with Gasteiger partial charge in [-0.2, -0.15) is 0 Å². The van der Waals surface area contributed by atoms with E-state index in [0.29, 0.717) is 5.56 Å². The van der Waals surface area contributed by atoms with E-state index in [1.807, 2.05) is 30.3 Å². The quantitative estimate of drug-likeness (QED) is 0.493. The molecule has 4 aromatic rings. The highest BCUT2D eigenvalue weighted by Gasteiger charge is 2.42. The predicted molar refractivity (Wildman–Crippen MR) is 107 cm³/mol. The topological polar surface area (TPSA) is 50.5 Å². The van der Waals surface area contributed by atoms with Gasteiger partial charge in [-0.3, -0.25) is 9.59 Å². The van der Waals surface area contributed by atoms with Crippen LogP contribution < -0.4 is 5.43 Å². The van der Waals surface area contributed by atoms with Crippen LogP contribution in [0.2, 0.25) is 0 Å². The predicted octanol–water partition coefficient (Wildman–Crippen LogP) is 4.82. The lowest BCUT2D eigenvalue weighted by molar-refractivity contribution is 0.0714. The van der Waals surface area contributed by atoms with Gasteiger partial charge < -0.3 is 9.32 Å². The first-order valence-corrected chi connectivity index (χ1v) is 9.39. The van der Waals surface area contributed by atoms with Crippen molar-refractivity contribution >= 4 is 16.9 Å². The fourth-order valence-corrected chi connectivity index (χ4v) is 3.93. The number of rotatable bonds is 3. The third-order valence-electron chi connectivity index (χ3n) is 5.31. The van der Waals surface area contributed by atoms with Gasteiger partial charge in [-0.15, -0.1) is 0 Å². The molecule has 0 bridgehead atoms. The molecule has 2 heterocycles. The Balaban J connectivity index is 1.74. The summed E-state index contributed by atoms with van der Waals surface area (Å²) in [5, 5.41) is 0.0650. The van der Waals surface area contributed by atoms with Crippen molar-refractivity contribution in [1.29, 1.82) is 0 Å². The smallest absolute Gasteiger partial charge is 0.291 e. The first-order valence-electron chi connectivity index (χ1n) is 9.39. The Kier molecular flexibility index (Phi) is 4.20. The number of fused-ring (bicyclic) bond motifs is 2. The maximum atomic E-state index is 13.8. The molecular formula is C24H15F2NO3. The van der Waals surface area contributed by atoms with E-state index in [0.717, 1.165) is 11.6 Å². The van der Waals surface area contributed by atoms with Crippen LogP contribution in [0.25, 0.3) is 11.0 Å². The van der Waals surface area contributed by atoms with Crippen molar-refractivity contribution in [2.24, 2.45) is 0 Å². The number of nitrogens with zero attached hydrogens (tertiary/aromatic N) is 1. The molecule has 0 fully saturated rings. The van der Waals surface area contributed by atoms with Crippen molar-refractivity contribution < 1.29 is 18.0 Å². The Labute approximate surface area is 170 Å². The number of benzene rings is 3. The third kappa shape index (κ3) is 2.88. The summed E-state index contributed by atoms with van der Waals surface area (Å²) in [4.78, 5) is 28.1. The normalized spacial score (nSPS) is 15.6. The standard InChI is InChI=1S/C24H15F2NO3/c25-16-8-6-15(7-9-16)21-20-22(28)18-12-17(26)10-11-19(18)30-23(20)24(29)27(21)13-14-4-2-1-3-5-14/h1-12,21H,13H2/t21-/m0/s1. The van der Waals surface area contributed by atoms with Crippen LogP contribution in [0.3, 0.4) is 0 Å². The molecule has 3 aromatic carbocycles. The van der Waals surface area contributed by atoms with Crippen molar-refractivity contribution in [3.05, 3.63) is 117 Å². The summed E-state index contributed by atoms with van der Waals surface area (Å²) >= 11 is 0. The Hall–Kier alpha value is -3.80. The number of carbonyl (C=O) groups excluding carboxylic acids is 1. The van der Waals surface area contributed by atoms with E-state index < -0.39 is 29.0 Å². The van der Waals surface area contributed by atoms with E-state index in [1.54, 1.807) is 0 Å². The summed E-state index contributed by atoms with van der Waals surface area (Å²) in [6.45, 7) is 0.232. The average Bonchev–Trinajstić information content (AvgIpc) is 3.02. The van der Waals surface area contributed by atoms with Crippen molar-refractivity contribution in [2.45, 2.75) is 12.6 Å². The highest BCUT2D eigenvalue weighted by molar-refractivity contribution is 5.99. The molecule has 1 atom stereocenters. The molecule has 1 aromatic heterocycles. The fraction of sp³-hybridized carbons (Fsp3) is 0.0833. The van der Waals surface area contributed by atoms with Gasteiger partial charge in [-0.1, -0.05) is 42.5 Å². The Morgan fingerprint density at radius 3 is 2.30 bits per heavy atom. The van der Waals surface area contributed by atoms with Crippen LogP contribution in [-0.4, -0.2) is 10.8 Å². The van der Waals surface area contributed by atoms with Crippen molar-refractivity contribution in [3.8, 4) is 0 Å². The maximum Gasteiger partial charge on any atom is 0.291 e. The van der Waals surface area contributed by atoms with Crippen molar-refractivity contribution in [3.63, 3.8) is 0 Å². The summed E-state index contributed by atoms with van der Waals surface area (Å²) in [6, 6.07) is 17.8. The first kappa shape index (κ1) is 18.2. The highest BCUT2D eigenvalue weighted by atomic mass is 19.1. The lowest BCUT2D eigenvalue weighted by Gasteiger charge is -2.25.